The number of thiophene rings is 1. The average Bonchev–Trinajstić information content (AvgIpc) is 2.66. The summed E-state index contributed by atoms with van der Waals surface area (Å²) in [5, 5.41) is 3.19. The monoisotopic (exact) mass is 260 g/mol. The van der Waals surface area contributed by atoms with Crippen molar-refractivity contribution in [3.05, 3.63) is 17.0 Å². The van der Waals surface area contributed by atoms with Crippen LogP contribution in [-0.2, 0) is 10.0 Å². The lowest BCUT2D eigenvalue weighted by atomic mass is 10.1. The second-order valence-electron chi connectivity index (χ2n) is 4.03. The van der Waals surface area contributed by atoms with Crippen molar-refractivity contribution in [3.8, 4) is 0 Å². The highest BCUT2D eigenvalue weighted by Gasteiger charge is 2.22. The van der Waals surface area contributed by atoms with Crippen molar-refractivity contribution in [3.63, 3.8) is 0 Å². The Morgan fingerprint density at radius 2 is 2.31 bits per heavy atom. The lowest BCUT2D eigenvalue weighted by molar-refractivity contribution is 0.429. The van der Waals surface area contributed by atoms with Crippen molar-refractivity contribution in [1.29, 1.82) is 0 Å². The van der Waals surface area contributed by atoms with Gasteiger partial charge in [-0.05, 0) is 38.4 Å². The zero-order chi connectivity index (χ0) is 11.6. The van der Waals surface area contributed by atoms with Gasteiger partial charge in [0, 0.05) is 17.5 Å². The largest absolute Gasteiger partial charge is 0.315 e. The molecule has 1 aromatic rings. The third kappa shape index (κ3) is 2.82. The van der Waals surface area contributed by atoms with E-state index in [9.17, 15) is 8.42 Å². The third-order valence-corrected chi connectivity index (χ3v) is 5.61. The SMILES string of the molecule is Cc1ccc(S(=O)(=O)N[C@@H]2CCCNC2)s1. The van der Waals surface area contributed by atoms with Crippen LogP contribution in [0.2, 0.25) is 0 Å². The summed E-state index contributed by atoms with van der Waals surface area (Å²) in [6.45, 7) is 3.62. The second-order valence-corrected chi connectivity index (χ2v) is 7.26. The first-order chi connectivity index (χ1) is 7.58. The number of rotatable bonds is 3. The van der Waals surface area contributed by atoms with Gasteiger partial charge in [0.15, 0.2) is 0 Å². The smallest absolute Gasteiger partial charge is 0.250 e. The van der Waals surface area contributed by atoms with E-state index in [2.05, 4.69) is 10.0 Å². The predicted molar refractivity (Wildman–Crippen MR) is 65.3 cm³/mol. The van der Waals surface area contributed by atoms with E-state index in [1.165, 1.54) is 11.3 Å². The molecule has 16 heavy (non-hydrogen) atoms. The van der Waals surface area contributed by atoms with E-state index in [4.69, 9.17) is 0 Å². The molecule has 2 N–H and O–H groups in total. The highest BCUT2D eigenvalue weighted by molar-refractivity contribution is 7.91. The van der Waals surface area contributed by atoms with Crippen LogP contribution in [0.25, 0.3) is 0 Å². The number of nitrogens with one attached hydrogen (secondary N) is 2. The van der Waals surface area contributed by atoms with Crippen LogP contribution in [0.5, 0.6) is 0 Å². The normalized spacial score (nSPS) is 22.2. The Labute approximate surface area is 100 Å². The summed E-state index contributed by atoms with van der Waals surface area (Å²) in [4.78, 5) is 1.02. The fourth-order valence-electron chi connectivity index (χ4n) is 1.79. The number of aryl methyl sites for hydroxylation is 1. The first kappa shape index (κ1) is 12.0. The van der Waals surface area contributed by atoms with Crippen LogP contribution in [0.4, 0.5) is 0 Å². The fraction of sp³-hybridized carbons (Fsp3) is 0.600. The van der Waals surface area contributed by atoms with Crippen molar-refractivity contribution in [1.82, 2.24) is 10.0 Å². The number of hydrogen-bond donors (Lipinski definition) is 2. The van der Waals surface area contributed by atoms with Gasteiger partial charge in [0.1, 0.15) is 4.21 Å². The summed E-state index contributed by atoms with van der Waals surface area (Å²) in [5.41, 5.74) is 0. The van der Waals surface area contributed by atoms with E-state index in [0.29, 0.717) is 4.21 Å². The molecule has 1 aliphatic rings. The van der Waals surface area contributed by atoms with Gasteiger partial charge in [-0.15, -0.1) is 11.3 Å². The van der Waals surface area contributed by atoms with Gasteiger partial charge < -0.3 is 5.32 Å². The Morgan fingerprint density at radius 3 is 2.88 bits per heavy atom. The molecule has 2 heterocycles. The number of piperidine rings is 1. The van der Waals surface area contributed by atoms with Crippen LogP contribution < -0.4 is 10.0 Å². The van der Waals surface area contributed by atoms with Gasteiger partial charge >= 0.3 is 0 Å². The molecule has 0 saturated carbocycles. The van der Waals surface area contributed by atoms with Crippen LogP contribution in [0.1, 0.15) is 17.7 Å². The minimum absolute atomic E-state index is 0.0288. The van der Waals surface area contributed by atoms with E-state index in [0.717, 1.165) is 30.8 Å². The first-order valence-electron chi connectivity index (χ1n) is 5.37. The molecule has 0 amide bonds. The molecule has 0 aliphatic carbocycles. The Bertz CT molecular complexity index is 447. The summed E-state index contributed by atoms with van der Waals surface area (Å²) < 4.78 is 27.1. The van der Waals surface area contributed by atoms with Crippen molar-refractivity contribution in [2.24, 2.45) is 0 Å². The maximum absolute atomic E-state index is 12.0. The van der Waals surface area contributed by atoms with Crippen LogP contribution >= 0.6 is 11.3 Å². The molecule has 1 aromatic heterocycles. The van der Waals surface area contributed by atoms with Gasteiger partial charge in [-0.25, -0.2) is 13.1 Å². The van der Waals surface area contributed by atoms with Crippen LogP contribution in [-0.4, -0.2) is 27.5 Å². The summed E-state index contributed by atoms with van der Waals surface area (Å²) in [5.74, 6) is 0. The molecule has 0 unspecified atom stereocenters. The molecule has 0 spiro atoms. The molecule has 2 rings (SSSR count). The molecule has 1 fully saturated rings. The Morgan fingerprint density at radius 1 is 1.50 bits per heavy atom. The molecule has 0 bridgehead atoms. The van der Waals surface area contributed by atoms with Crippen molar-refractivity contribution >= 4 is 21.4 Å². The first-order valence-corrected chi connectivity index (χ1v) is 7.67. The molecule has 1 atom stereocenters. The molecule has 1 aliphatic heterocycles. The van der Waals surface area contributed by atoms with Gasteiger partial charge in [-0.1, -0.05) is 0 Å². The summed E-state index contributed by atoms with van der Waals surface area (Å²) in [6, 6.07) is 3.53. The topological polar surface area (TPSA) is 58.2 Å². The van der Waals surface area contributed by atoms with Crippen molar-refractivity contribution < 1.29 is 8.42 Å². The Hall–Kier alpha value is -0.430. The average molecular weight is 260 g/mol. The zero-order valence-electron chi connectivity index (χ0n) is 9.19. The summed E-state index contributed by atoms with van der Waals surface area (Å²) in [7, 11) is -3.31. The van der Waals surface area contributed by atoms with Gasteiger partial charge in [-0.2, -0.15) is 0 Å². The summed E-state index contributed by atoms with van der Waals surface area (Å²) in [6.07, 6.45) is 1.94. The zero-order valence-corrected chi connectivity index (χ0v) is 10.8. The van der Waals surface area contributed by atoms with E-state index >= 15 is 0 Å². The lowest BCUT2D eigenvalue weighted by Gasteiger charge is -2.23. The second kappa shape index (κ2) is 4.83. The van der Waals surface area contributed by atoms with Gasteiger partial charge in [0.05, 0.1) is 0 Å². The highest BCUT2D eigenvalue weighted by atomic mass is 32.2. The molecule has 0 radical (unpaired) electrons. The van der Waals surface area contributed by atoms with Gasteiger partial charge in [-0.3, -0.25) is 0 Å². The molecule has 1 saturated heterocycles. The third-order valence-electron chi connectivity index (χ3n) is 2.60. The quantitative estimate of drug-likeness (QED) is 0.855. The summed E-state index contributed by atoms with van der Waals surface area (Å²) >= 11 is 1.31. The molecule has 90 valence electrons. The maximum Gasteiger partial charge on any atom is 0.250 e. The van der Waals surface area contributed by atoms with E-state index in [1.807, 2.05) is 13.0 Å². The Balaban J connectivity index is 2.07. The molecular weight excluding hydrogens is 244 g/mol. The van der Waals surface area contributed by atoms with Gasteiger partial charge in [0.25, 0.3) is 0 Å². The minimum atomic E-state index is -3.31. The fourth-order valence-corrected chi connectivity index (χ4v) is 4.36. The highest BCUT2D eigenvalue weighted by Crippen LogP contribution is 2.21. The van der Waals surface area contributed by atoms with Crippen molar-refractivity contribution in [2.45, 2.75) is 30.0 Å². The van der Waals surface area contributed by atoms with Crippen molar-refractivity contribution in [2.75, 3.05) is 13.1 Å². The molecule has 4 nitrogen and oxygen atoms in total. The maximum atomic E-state index is 12.0. The van der Waals surface area contributed by atoms with Crippen LogP contribution in [0, 0.1) is 6.92 Å². The molecular formula is C10H16N2O2S2. The Kier molecular flexibility index (Phi) is 3.63. The van der Waals surface area contributed by atoms with E-state index < -0.39 is 10.0 Å². The molecule has 6 heteroatoms. The van der Waals surface area contributed by atoms with Crippen LogP contribution in [0.15, 0.2) is 16.3 Å². The molecule has 0 aromatic carbocycles. The number of sulfonamides is 1. The predicted octanol–water partition coefficient (Wildman–Crippen LogP) is 1.09. The van der Waals surface area contributed by atoms with Gasteiger partial charge in [0.2, 0.25) is 10.0 Å². The minimum Gasteiger partial charge on any atom is -0.315 e. The van der Waals surface area contributed by atoms with E-state index in [1.54, 1.807) is 6.07 Å². The standard InChI is InChI=1S/C10H16N2O2S2/c1-8-4-5-10(15-8)16(13,14)12-9-3-2-6-11-7-9/h4-5,9,11-12H,2-3,6-7H2,1H3/t9-/m1/s1. The lowest BCUT2D eigenvalue weighted by Crippen LogP contribution is -2.45. The van der Waals surface area contributed by atoms with E-state index in [-0.39, 0.29) is 6.04 Å². The van der Waals surface area contributed by atoms with Crippen LogP contribution in [0.3, 0.4) is 0 Å². The number of hydrogen-bond acceptors (Lipinski definition) is 4.